The van der Waals surface area contributed by atoms with Gasteiger partial charge in [0.05, 0.1) is 26.9 Å². The number of nitrogens with zero attached hydrogens (tertiary/aromatic N) is 5. The van der Waals surface area contributed by atoms with Crippen molar-refractivity contribution in [2.24, 2.45) is 0 Å². The quantitative estimate of drug-likeness (QED) is 0.171. The van der Waals surface area contributed by atoms with Gasteiger partial charge >= 0.3 is 5.97 Å². The van der Waals surface area contributed by atoms with Crippen LogP contribution in [0.2, 0.25) is 23.4 Å². The number of rotatable bonds is 10. The fraction of sp³-hybridized carbons (Fsp3) is 0.522. The van der Waals surface area contributed by atoms with Gasteiger partial charge in [-0.2, -0.15) is 10.1 Å². The molecule has 10 nitrogen and oxygen atoms in total. The van der Waals surface area contributed by atoms with E-state index in [1.807, 2.05) is 19.1 Å². The number of carbonyl (C=O) groups is 1. The van der Waals surface area contributed by atoms with E-state index >= 15 is 0 Å². The van der Waals surface area contributed by atoms with E-state index in [1.165, 1.54) is 7.11 Å². The van der Waals surface area contributed by atoms with Crippen LogP contribution in [0.5, 0.6) is 0 Å². The lowest BCUT2D eigenvalue weighted by Gasteiger charge is -2.36. The fourth-order valence-corrected chi connectivity index (χ4v) is 4.20. The standard InChI is InChI=1S/C23H33ClN6O4Si/c1-8-33-12-11-30-19-17(18(29-30)21(31)32-5)27-22(24)28-20(19)26-16-13-15(9-10-25-16)14-34-35(6,7)23(2,3)4/h9-10,13H,8,11-12,14H2,1-7H3,(H,25,26,27,28). The van der Waals surface area contributed by atoms with Crippen molar-refractivity contribution in [3.05, 3.63) is 34.9 Å². The zero-order valence-corrected chi connectivity index (χ0v) is 23.1. The Morgan fingerprint density at radius 3 is 2.66 bits per heavy atom. The lowest BCUT2D eigenvalue weighted by Crippen LogP contribution is -2.40. The first-order chi connectivity index (χ1) is 16.5. The average Bonchev–Trinajstić information content (AvgIpc) is 3.15. The minimum absolute atomic E-state index is 0.0353. The second-order valence-corrected chi connectivity index (χ2v) is 14.7. The maximum Gasteiger partial charge on any atom is 0.360 e. The lowest BCUT2D eigenvalue weighted by molar-refractivity contribution is 0.0594. The average molecular weight is 521 g/mol. The van der Waals surface area contributed by atoms with Gasteiger partial charge in [-0.25, -0.2) is 14.8 Å². The molecule has 0 amide bonds. The Balaban J connectivity index is 1.96. The predicted octanol–water partition coefficient (Wildman–Crippen LogP) is 4.96. The third kappa shape index (κ3) is 6.34. The second kappa shape index (κ2) is 11.0. The Kier molecular flexibility index (Phi) is 8.47. The highest BCUT2D eigenvalue weighted by molar-refractivity contribution is 6.74. The van der Waals surface area contributed by atoms with Crippen LogP contribution in [-0.4, -0.2) is 59.3 Å². The topological polar surface area (TPSA) is 113 Å². The van der Waals surface area contributed by atoms with Gasteiger partial charge in [-0.15, -0.1) is 0 Å². The summed E-state index contributed by atoms with van der Waals surface area (Å²) < 4.78 is 18.3. The summed E-state index contributed by atoms with van der Waals surface area (Å²) in [6.45, 7) is 14.8. The third-order valence-corrected chi connectivity index (χ3v) is 10.7. The molecule has 3 aromatic rings. The van der Waals surface area contributed by atoms with E-state index in [0.717, 1.165) is 5.56 Å². The summed E-state index contributed by atoms with van der Waals surface area (Å²) in [7, 11) is -0.616. The highest BCUT2D eigenvalue weighted by Gasteiger charge is 2.37. The van der Waals surface area contributed by atoms with Crippen molar-refractivity contribution >= 4 is 48.6 Å². The van der Waals surface area contributed by atoms with Crippen LogP contribution in [0.4, 0.5) is 11.6 Å². The van der Waals surface area contributed by atoms with Crippen LogP contribution >= 0.6 is 11.6 Å². The van der Waals surface area contributed by atoms with Crippen LogP contribution in [0.3, 0.4) is 0 Å². The summed E-state index contributed by atoms with van der Waals surface area (Å²) in [5.41, 5.74) is 1.81. The molecule has 0 saturated heterocycles. The van der Waals surface area contributed by atoms with E-state index < -0.39 is 14.3 Å². The Labute approximate surface area is 211 Å². The number of nitrogens with one attached hydrogen (secondary N) is 1. The number of hydrogen-bond acceptors (Lipinski definition) is 9. The van der Waals surface area contributed by atoms with E-state index in [0.29, 0.717) is 43.5 Å². The van der Waals surface area contributed by atoms with Gasteiger partial charge in [-0.1, -0.05) is 20.8 Å². The summed E-state index contributed by atoms with van der Waals surface area (Å²) >= 11 is 6.21. The smallest absolute Gasteiger partial charge is 0.360 e. The summed E-state index contributed by atoms with van der Waals surface area (Å²) in [6.07, 6.45) is 1.71. The number of pyridine rings is 1. The lowest BCUT2D eigenvalue weighted by atomic mass is 10.2. The molecule has 3 heterocycles. The van der Waals surface area contributed by atoms with Gasteiger partial charge in [0.25, 0.3) is 0 Å². The molecule has 0 bridgehead atoms. The van der Waals surface area contributed by atoms with Gasteiger partial charge in [-0.3, -0.25) is 4.68 Å². The molecule has 0 saturated carbocycles. The minimum atomic E-state index is -1.90. The van der Waals surface area contributed by atoms with Crippen molar-refractivity contribution in [3.8, 4) is 0 Å². The first-order valence-corrected chi connectivity index (χ1v) is 14.7. The molecule has 0 aromatic carbocycles. The molecule has 35 heavy (non-hydrogen) atoms. The first-order valence-electron chi connectivity index (χ1n) is 11.4. The Hall–Kier alpha value is -2.60. The molecule has 0 fully saturated rings. The molecule has 1 N–H and O–H groups in total. The second-order valence-electron chi connectivity index (χ2n) is 9.52. The summed E-state index contributed by atoms with van der Waals surface area (Å²) in [5, 5.41) is 7.69. The number of anilines is 2. The summed E-state index contributed by atoms with van der Waals surface area (Å²) in [5.74, 6) is 0.303. The Morgan fingerprint density at radius 1 is 1.26 bits per heavy atom. The van der Waals surface area contributed by atoms with Crippen LogP contribution in [-0.2, 0) is 27.1 Å². The number of esters is 1. The van der Waals surface area contributed by atoms with E-state index in [9.17, 15) is 4.79 Å². The summed E-state index contributed by atoms with van der Waals surface area (Å²) in [6, 6.07) is 3.82. The number of aromatic nitrogens is 5. The molecular weight excluding hydrogens is 488 g/mol. The van der Waals surface area contributed by atoms with Crippen LogP contribution in [0, 0.1) is 0 Å². The van der Waals surface area contributed by atoms with E-state index in [4.69, 9.17) is 25.5 Å². The molecule has 0 radical (unpaired) electrons. The molecule has 12 heteroatoms. The van der Waals surface area contributed by atoms with E-state index in [1.54, 1.807) is 10.9 Å². The van der Waals surface area contributed by atoms with Crippen LogP contribution in [0.1, 0.15) is 43.7 Å². The molecule has 3 rings (SSSR count). The highest BCUT2D eigenvalue weighted by atomic mass is 35.5. The van der Waals surface area contributed by atoms with Gasteiger partial charge in [0.1, 0.15) is 16.9 Å². The van der Waals surface area contributed by atoms with Gasteiger partial charge in [0.2, 0.25) is 5.28 Å². The van der Waals surface area contributed by atoms with Gasteiger partial charge in [0.15, 0.2) is 19.8 Å². The number of ether oxygens (including phenoxy) is 2. The fourth-order valence-electron chi connectivity index (χ4n) is 3.07. The molecule has 0 spiro atoms. The number of carbonyl (C=O) groups excluding carboxylic acids is 1. The van der Waals surface area contributed by atoms with Gasteiger partial charge in [0, 0.05) is 12.8 Å². The SMILES string of the molecule is CCOCCn1nc(C(=O)OC)c2nc(Cl)nc(Nc3cc(CO[Si](C)(C)C(C)(C)C)ccn3)c21. The highest BCUT2D eigenvalue weighted by Crippen LogP contribution is 2.37. The van der Waals surface area contributed by atoms with Crippen molar-refractivity contribution in [1.82, 2.24) is 24.7 Å². The van der Waals surface area contributed by atoms with Crippen molar-refractivity contribution in [3.63, 3.8) is 0 Å². The third-order valence-electron chi connectivity index (χ3n) is 6.07. The van der Waals surface area contributed by atoms with Crippen molar-refractivity contribution in [1.29, 1.82) is 0 Å². The number of methoxy groups -OCH3 is 1. The molecule has 0 aliphatic heterocycles. The summed E-state index contributed by atoms with van der Waals surface area (Å²) in [4.78, 5) is 25.4. The molecular formula is C23H33ClN6O4Si. The maximum absolute atomic E-state index is 12.3. The molecule has 0 aliphatic carbocycles. The molecule has 3 aromatic heterocycles. The van der Waals surface area contributed by atoms with Crippen molar-refractivity contribution < 1.29 is 18.7 Å². The Bertz CT molecular complexity index is 1190. The zero-order valence-electron chi connectivity index (χ0n) is 21.3. The van der Waals surface area contributed by atoms with E-state index in [-0.39, 0.29) is 21.5 Å². The number of fused-ring (bicyclic) bond motifs is 1. The van der Waals surface area contributed by atoms with E-state index in [2.05, 4.69) is 59.2 Å². The molecule has 0 unspecified atom stereocenters. The van der Waals surface area contributed by atoms with Gasteiger partial charge < -0.3 is 19.2 Å². The normalized spacial score (nSPS) is 12.2. The largest absolute Gasteiger partial charge is 0.464 e. The molecule has 190 valence electrons. The predicted molar refractivity (Wildman–Crippen MR) is 138 cm³/mol. The minimum Gasteiger partial charge on any atom is -0.464 e. The number of halogens is 1. The van der Waals surface area contributed by atoms with Crippen molar-refractivity contribution in [2.45, 2.75) is 59.0 Å². The Morgan fingerprint density at radius 2 is 2.00 bits per heavy atom. The van der Waals surface area contributed by atoms with Gasteiger partial charge in [-0.05, 0) is 54.4 Å². The zero-order chi connectivity index (χ0) is 25.8. The monoisotopic (exact) mass is 520 g/mol. The van der Waals surface area contributed by atoms with Crippen molar-refractivity contribution in [2.75, 3.05) is 25.6 Å². The van der Waals surface area contributed by atoms with Crippen LogP contribution < -0.4 is 5.32 Å². The maximum atomic E-state index is 12.3. The number of hydrogen-bond donors (Lipinski definition) is 1. The first kappa shape index (κ1) is 27.0. The molecule has 0 aliphatic rings. The van der Waals surface area contributed by atoms with Crippen LogP contribution in [0.25, 0.3) is 11.0 Å². The van der Waals surface area contributed by atoms with Crippen LogP contribution in [0.15, 0.2) is 18.3 Å². The molecule has 0 atom stereocenters.